The molecule has 0 bridgehead atoms. The van der Waals surface area contributed by atoms with E-state index in [2.05, 4.69) is 17.4 Å². The van der Waals surface area contributed by atoms with E-state index in [0.717, 1.165) is 12.2 Å². The predicted octanol–water partition coefficient (Wildman–Crippen LogP) is 1.74. The van der Waals surface area contributed by atoms with Gasteiger partial charge in [-0.2, -0.15) is 0 Å². The number of hydrogen-bond donors (Lipinski definition) is 2. The Balaban J connectivity index is 2.14. The fourth-order valence-electron chi connectivity index (χ4n) is 1.95. The highest BCUT2D eigenvalue weighted by Crippen LogP contribution is 2.24. The van der Waals surface area contributed by atoms with E-state index in [9.17, 15) is 0 Å². The number of nitrogen functional groups attached to an aromatic ring is 1. The quantitative estimate of drug-likeness (QED) is 0.640. The zero-order valence-electron chi connectivity index (χ0n) is 7.79. The van der Waals surface area contributed by atoms with E-state index in [1.807, 2.05) is 12.1 Å². The van der Waals surface area contributed by atoms with Crippen LogP contribution in [0, 0.1) is 0 Å². The lowest BCUT2D eigenvalue weighted by atomic mass is 9.91. The van der Waals surface area contributed by atoms with Gasteiger partial charge in [0.05, 0.1) is 0 Å². The minimum atomic E-state index is 0.664. The van der Waals surface area contributed by atoms with Crippen LogP contribution in [0.25, 0.3) is 0 Å². The normalized spacial score (nSPS) is 22.9. The van der Waals surface area contributed by atoms with E-state index in [0.29, 0.717) is 5.92 Å². The maximum Gasteiger partial charge on any atom is 0.0316 e. The molecule has 0 aliphatic carbocycles. The summed E-state index contributed by atoms with van der Waals surface area (Å²) in [5.74, 6) is 0.664. The molecule has 0 amide bonds. The number of hydrogen-bond acceptors (Lipinski definition) is 2. The van der Waals surface area contributed by atoms with Gasteiger partial charge in [-0.1, -0.05) is 12.1 Å². The van der Waals surface area contributed by atoms with Gasteiger partial charge in [-0.25, -0.2) is 0 Å². The van der Waals surface area contributed by atoms with Crippen molar-refractivity contribution in [2.45, 2.75) is 18.8 Å². The zero-order valence-corrected chi connectivity index (χ0v) is 7.79. The first kappa shape index (κ1) is 8.57. The highest BCUT2D eigenvalue weighted by Gasteiger charge is 2.14. The third-order valence-corrected chi connectivity index (χ3v) is 2.68. The van der Waals surface area contributed by atoms with Crippen molar-refractivity contribution in [3.8, 4) is 0 Å². The number of anilines is 1. The van der Waals surface area contributed by atoms with Crippen molar-refractivity contribution < 1.29 is 0 Å². The van der Waals surface area contributed by atoms with Crippen molar-refractivity contribution in [2.24, 2.45) is 0 Å². The Hall–Kier alpha value is -1.02. The third-order valence-electron chi connectivity index (χ3n) is 2.68. The first-order valence-electron chi connectivity index (χ1n) is 4.92. The second-order valence-electron chi connectivity index (χ2n) is 3.71. The molecule has 70 valence electrons. The molecule has 3 N–H and O–H groups in total. The predicted molar refractivity (Wildman–Crippen MR) is 55.7 cm³/mol. The minimum absolute atomic E-state index is 0.664. The fourth-order valence-corrected chi connectivity index (χ4v) is 1.95. The Morgan fingerprint density at radius 2 is 2.31 bits per heavy atom. The standard InChI is InChI=1S/C11H16N2/c12-11-5-1-3-9(7-11)10-4-2-6-13-8-10/h1,3,5,7,10,13H,2,4,6,8,12H2. The lowest BCUT2D eigenvalue weighted by Crippen LogP contribution is -2.28. The fraction of sp³-hybridized carbons (Fsp3) is 0.455. The van der Waals surface area contributed by atoms with E-state index in [1.165, 1.54) is 24.9 Å². The summed E-state index contributed by atoms with van der Waals surface area (Å²) in [7, 11) is 0. The lowest BCUT2D eigenvalue weighted by Gasteiger charge is -2.23. The SMILES string of the molecule is Nc1cccc(C2CCCNC2)c1. The molecule has 1 atom stereocenters. The molecule has 1 fully saturated rings. The number of rotatable bonds is 1. The van der Waals surface area contributed by atoms with Gasteiger partial charge in [0, 0.05) is 12.2 Å². The van der Waals surface area contributed by atoms with Crippen LogP contribution in [-0.4, -0.2) is 13.1 Å². The van der Waals surface area contributed by atoms with Crippen molar-refractivity contribution in [1.29, 1.82) is 0 Å². The number of benzene rings is 1. The average Bonchev–Trinajstić information content (AvgIpc) is 2.19. The molecule has 0 spiro atoms. The molecule has 2 rings (SSSR count). The molecule has 1 aromatic carbocycles. The van der Waals surface area contributed by atoms with Gasteiger partial charge in [0.2, 0.25) is 0 Å². The molecular formula is C11H16N2. The Bertz CT molecular complexity index is 277. The van der Waals surface area contributed by atoms with E-state index in [-0.39, 0.29) is 0 Å². The van der Waals surface area contributed by atoms with Gasteiger partial charge in [0.15, 0.2) is 0 Å². The molecule has 0 radical (unpaired) electrons. The summed E-state index contributed by atoms with van der Waals surface area (Å²) in [5, 5.41) is 3.41. The van der Waals surface area contributed by atoms with Crippen molar-refractivity contribution in [3.05, 3.63) is 29.8 Å². The summed E-state index contributed by atoms with van der Waals surface area (Å²) in [6.45, 7) is 2.27. The minimum Gasteiger partial charge on any atom is -0.399 e. The molecule has 13 heavy (non-hydrogen) atoms. The summed E-state index contributed by atoms with van der Waals surface area (Å²) in [4.78, 5) is 0. The molecule has 1 saturated heterocycles. The zero-order chi connectivity index (χ0) is 9.10. The smallest absolute Gasteiger partial charge is 0.0316 e. The van der Waals surface area contributed by atoms with E-state index in [4.69, 9.17) is 5.73 Å². The van der Waals surface area contributed by atoms with Crippen LogP contribution >= 0.6 is 0 Å². The summed E-state index contributed by atoms with van der Waals surface area (Å²) < 4.78 is 0. The second kappa shape index (κ2) is 3.79. The van der Waals surface area contributed by atoms with Crippen LogP contribution in [-0.2, 0) is 0 Å². The Kier molecular flexibility index (Phi) is 2.50. The van der Waals surface area contributed by atoms with Gasteiger partial charge >= 0.3 is 0 Å². The first-order chi connectivity index (χ1) is 6.36. The van der Waals surface area contributed by atoms with Crippen LogP contribution in [0.1, 0.15) is 24.3 Å². The number of nitrogens with one attached hydrogen (secondary N) is 1. The number of piperidine rings is 1. The van der Waals surface area contributed by atoms with Crippen LogP contribution in [0.2, 0.25) is 0 Å². The van der Waals surface area contributed by atoms with Crippen LogP contribution in [0.5, 0.6) is 0 Å². The van der Waals surface area contributed by atoms with Gasteiger partial charge < -0.3 is 11.1 Å². The molecule has 0 saturated carbocycles. The second-order valence-corrected chi connectivity index (χ2v) is 3.71. The van der Waals surface area contributed by atoms with Crippen molar-refractivity contribution in [2.75, 3.05) is 18.8 Å². The van der Waals surface area contributed by atoms with Gasteiger partial charge in [-0.15, -0.1) is 0 Å². The molecular weight excluding hydrogens is 160 g/mol. The van der Waals surface area contributed by atoms with Gasteiger partial charge in [-0.3, -0.25) is 0 Å². The summed E-state index contributed by atoms with van der Waals surface area (Å²) in [6, 6.07) is 8.25. The van der Waals surface area contributed by atoms with Crippen molar-refractivity contribution in [1.82, 2.24) is 5.32 Å². The maximum atomic E-state index is 5.74. The summed E-state index contributed by atoms with van der Waals surface area (Å²) in [6.07, 6.45) is 2.57. The lowest BCUT2D eigenvalue weighted by molar-refractivity contribution is 0.462. The molecule has 1 aliphatic rings. The molecule has 1 unspecified atom stereocenters. The van der Waals surface area contributed by atoms with Gasteiger partial charge in [-0.05, 0) is 43.0 Å². The van der Waals surface area contributed by atoms with E-state index >= 15 is 0 Å². The third kappa shape index (κ3) is 2.01. The van der Waals surface area contributed by atoms with Gasteiger partial charge in [0.25, 0.3) is 0 Å². The van der Waals surface area contributed by atoms with Crippen molar-refractivity contribution >= 4 is 5.69 Å². The maximum absolute atomic E-state index is 5.74. The Morgan fingerprint density at radius 1 is 1.38 bits per heavy atom. The molecule has 1 aliphatic heterocycles. The highest BCUT2D eigenvalue weighted by molar-refractivity contribution is 5.42. The highest BCUT2D eigenvalue weighted by atomic mass is 14.9. The Morgan fingerprint density at radius 3 is 3.00 bits per heavy atom. The molecule has 2 heteroatoms. The molecule has 2 nitrogen and oxygen atoms in total. The van der Waals surface area contributed by atoms with E-state index in [1.54, 1.807) is 0 Å². The average molecular weight is 176 g/mol. The van der Waals surface area contributed by atoms with Crippen LogP contribution in [0.15, 0.2) is 24.3 Å². The van der Waals surface area contributed by atoms with E-state index < -0.39 is 0 Å². The van der Waals surface area contributed by atoms with Crippen LogP contribution in [0.3, 0.4) is 0 Å². The van der Waals surface area contributed by atoms with Crippen LogP contribution in [0.4, 0.5) is 5.69 Å². The monoisotopic (exact) mass is 176 g/mol. The molecule has 1 aromatic rings. The van der Waals surface area contributed by atoms with Crippen molar-refractivity contribution in [3.63, 3.8) is 0 Å². The summed E-state index contributed by atoms with van der Waals surface area (Å²) in [5.41, 5.74) is 8.00. The topological polar surface area (TPSA) is 38.0 Å². The van der Waals surface area contributed by atoms with Crippen LogP contribution < -0.4 is 11.1 Å². The molecule has 1 heterocycles. The first-order valence-corrected chi connectivity index (χ1v) is 4.92. The summed E-state index contributed by atoms with van der Waals surface area (Å²) >= 11 is 0. The molecule has 0 aromatic heterocycles. The number of nitrogens with two attached hydrogens (primary N) is 1. The largest absolute Gasteiger partial charge is 0.399 e. The van der Waals surface area contributed by atoms with Gasteiger partial charge in [0.1, 0.15) is 0 Å². The Labute approximate surface area is 79.1 Å².